The molecule has 1 unspecified atom stereocenters. The van der Waals surface area contributed by atoms with E-state index in [1.165, 1.54) is 0 Å². The zero-order valence-electron chi connectivity index (χ0n) is 10.5. The van der Waals surface area contributed by atoms with Crippen LogP contribution in [-0.2, 0) is 14.3 Å². The Kier molecular flexibility index (Phi) is 6.55. The molecular weight excluding hydrogens is 316 g/mol. The van der Waals surface area contributed by atoms with E-state index < -0.39 is 0 Å². The fraction of sp³-hybridized carbons (Fsp3) is 0.417. The lowest BCUT2D eigenvalue weighted by atomic mass is 10.3. The topological polar surface area (TPSA) is 44.8 Å². The first-order valence-electron chi connectivity index (χ1n) is 5.35. The van der Waals surface area contributed by atoms with Gasteiger partial charge in [-0.25, -0.2) is 0 Å². The van der Waals surface area contributed by atoms with Crippen LogP contribution in [0, 0.1) is 0 Å². The van der Waals surface area contributed by atoms with Crippen LogP contribution in [-0.4, -0.2) is 40.4 Å². The number of carbonyl (C=O) groups is 1. The molecule has 1 atom stereocenters. The number of carbonyl (C=O) groups excluding carboxylic acids is 1. The minimum Gasteiger partial charge on any atom is -0.426 e. The fourth-order valence-corrected chi connectivity index (χ4v) is 2.26. The molecule has 0 N–H and O–H groups in total. The highest BCUT2D eigenvalue weighted by Crippen LogP contribution is 2.10. The smallest absolute Gasteiger partial charge is 0.324 e. The number of halogens is 1. The Balaban J connectivity index is 2.82. The fourth-order valence-electron chi connectivity index (χ4n) is 1.21. The molecule has 0 saturated heterocycles. The van der Waals surface area contributed by atoms with Crippen LogP contribution in [0.1, 0.15) is 6.92 Å². The molecular formula is C12H15BrO4Si. The number of rotatable bonds is 6. The van der Waals surface area contributed by atoms with E-state index in [9.17, 15) is 4.79 Å². The van der Waals surface area contributed by atoms with Crippen molar-refractivity contribution < 1.29 is 19.0 Å². The number of ether oxygens (including phenoxy) is 3. The summed E-state index contributed by atoms with van der Waals surface area (Å²) in [6.07, 6.45) is 0. The van der Waals surface area contributed by atoms with Gasteiger partial charge in [-0.2, -0.15) is 0 Å². The molecule has 0 fully saturated rings. The van der Waals surface area contributed by atoms with E-state index in [-0.39, 0.29) is 26.2 Å². The molecule has 18 heavy (non-hydrogen) atoms. The molecule has 0 spiro atoms. The highest BCUT2D eigenvalue weighted by Gasteiger charge is 2.17. The maximum atomic E-state index is 11.6. The normalized spacial score (nSPS) is 12.5. The molecule has 0 aliphatic rings. The van der Waals surface area contributed by atoms with Crippen molar-refractivity contribution in [3.05, 3.63) is 24.3 Å². The number of benzene rings is 1. The SMILES string of the molecule is COC(OC)[Si]c1ccccc1OC(=O)C(C)Br. The zero-order valence-corrected chi connectivity index (χ0v) is 13.1. The molecule has 2 radical (unpaired) electrons. The largest absolute Gasteiger partial charge is 0.426 e. The predicted molar refractivity (Wildman–Crippen MR) is 73.7 cm³/mol. The second-order valence-electron chi connectivity index (χ2n) is 3.48. The number of hydrogen-bond acceptors (Lipinski definition) is 4. The molecule has 1 aromatic rings. The van der Waals surface area contributed by atoms with Gasteiger partial charge in [0.25, 0.3) is 0 Å². The molecule has 0 saturated carbocycles. The van der Waals surface area contributed by atoms with E-state index in [4.69, 9.17) is 14.2 Å². The summed E-state index contributed by atoms with van der Waals surface area (Å²) >= 11 is 3.18. The first-order valence-corrected chi connectivity index (χ1v) is 7.34. The minimum absolute atomic E-state index is 0.251. The molecule has 0 bridgehead atoms. The Hall–Kier alpha value is -0.693. The molecule has 0 amide bonds. The third kappa shape index (κ3) is 4.53. The summed E-state index contributed by atoms with van der Waals surface area (Å²) in [4.78, 5) is 11.2. The Morgan fingerprint density at radius 3 is 2.44 bits per heavy atom. The minimum atomic E-state index is -0.338. The van der Waals surface area contributed by atoms with E-state index in [1.54, 1.807) is 27.2 Å². The molecule has 1 aromatic carbocycles. The highest BCUT2D eigenvalue weighted by molar-refractivity contribution is 9.10. The molecule has 0 aliphatic carbocycles. The number of esters is 1. The van der Waals surface area contributed by atoms with Crippen molar-refractivity contribution in [1.82, 2.24) is 0 Å². The van der Waals surface area contributed by atoms with Gasteiger partial charge in [0.1, 0.15) is 16.5 Å². The van der Waals surface area contributed by atoms with E-state index >= 15 is 0 Å². The van der Waals surface area contributed by atoms with E-state index in [1.807, 2.05) is 18.2 Å². The van der Waals surface area contributed by atoms with Crippen LogP contribution in [0.3, 0.4) is 0 Å². The van der Waals surface area contributed by atoms with Crippen molar-refractivity contribution in [2.75, 3.05) is 14.2 Å². The second kappa shape index (κ2) is 7.68. The summed E-state index contributed by atoms with van der Waals surface area (Å²) in [6, 6.07) is 7.37. The maximum Gasteiger partial charge on any atom is 0.324 e. The Morgan fingerprint density at radius 2 is 1.89 bits per heavy atom. The van der Waals surface area contributed by atoms with E-state index in [2.05, 4.69) is 15.9 Å². The molecule has 0 aromatic heterocycles. The number of methoxy groups -OCH3 is 2. The van der Waals surface area contributed by atoms with Gasteiger partial charge < -0.3 is 14.2 Å². The monoisotopic (exact) mass is 330 g/mol. The molecule has 0 aliphatic heterocycles. The van der Waals surface area contributed by atoms with Gasteiger partial charge in [-0.15, -0.1) is 0 Å². The predicted octanol–water partition coefficient (Wildman–Crippen LogP) is 1.28. The second-order valence-corrected chi connectivity index (χ2v) is 6.15. The standard InChI is InChI=1S/C12H15BrO4Si/c1-8(13)11(14)17-9-6-4-5-7-10(9)18-12(15-2)16-3/h4-8,12H,1-3H3. The molecule has 6 heteroatoms. The van der Waals surface area contributed by atoms with Crippen molar-refractivity contribution in [1.29, 1.82) is 0 Å². The first-order chi connectivity index (χ1) is 8.58. The van der Waals surface area contributed by atoms with Crippen LogP contribution in [0.15, 0.2) is 24.3 Å². The van der Waals surface area contributed by atoms with Gasteiger partial charge in [-0.3, -0.25) is 4.79 Å². The zero-order chi connectivity index (χ0) is 13.5. The van der Waals surface area contributed by atoms with Crippen LogP contribution < -0.4 is 9.92 Å². The van der Waals surface area contributed by atoms with E-state index in [0.29, 0.717) is 5.75 Å². The van der Waals surface area contributed by atoms with Gasteiger partial charge in [0.05, 0.1) is 0 Å². The Labute approximate surface area is 118 Å². The van der Waals surface area contributed by atoms with Crippen LogP contribution in [0.5, 0.6) is 5.75 Å². The maximum absolute atomic E-state index is 11.6. The van der Waals surface area contributed by atoms with Crippen LogP contribution in [0.25, 0.3) is 0 Å². The van der Waals surface area contributed by atoms with E-state index in [0.717, 1.165) is 5.19 Å². The van der Waals surface area contributed by atoms with Gasteiger partial charge in [-0.05, 0) is 18.2 Å². The van der Waals surface area contributed by atoms with Crippen molar-refractivity contribution >= 4 is 36.6 Å². The van der Waals surface area contributed by atoms with Gasteiger partial charge in [0.15, 0.2) is 9.52 Å². The first kappa shape index (κ1) is 15.4. The van der Waals surface area contributed by atoms with Crippen molar-refractivity contribution in [3.63, 3.8) is 0 Å². The number of alkyl halides is 1. The summed E-state index contributed by atoms with van der Waals surface area (Å²) in [7, 11) is 3.41. The lowest BCUT2D eigenvalue weighted by Crippen LogP contribution is -2.33. The summed E-state index contributed by atoms with van der Waals surface area (Å²) < 4.78 is 15.6. The average molecular weight is 331 g/mol. The lowest BCUT2D eigenvalue weighted by Gasteiger charge is -2.15. The van der Waals surface area contributed by atoms with Crippen molar-refractivity contribution in [3.8, 4) is 5.75 Å². The summed E-state index contributed by atoms with van der Waals surface area (Å²) in [5.74, 6) is -0.101. The molecule has 0 heterocycles. The number of para-hydroxylation sites is 1. The van der Waals surface area contributed by atoms with Crippen LogP contribution in [0.2, 0.25) is 0 Å². The average Bonchev–Trinajstić information content (AvgIpc) is 2.37. The van der Waals surface area contributed by atoms with Gasteiger partial charge in [0, 0.05) is 14.2 Å². The van der Waals surface area contributed by atoms with Gasteiger partial charge >= 0.3 is 5.97 Å². The summed E-state index contributed by atoms with van der Waals surface area (Å²) in [5, 5.41) is 0.896. The van der Waals surface area contributed by atoms with Crippen molar-refractivity contribution in [2.45, 2.75) is 17.7 Å². The third-order valence-electron chi connectivity index (χ3n) is 2.12. The Morgan fingerprint density at radius 1 is 1.28 bits per heavy atom. The third-order valence-corrected chi connectivity index (χ3v) is 3.93. The van der Waals surface area contributed by atoms with Gasteiger partial charge in [0.2, 0.25) is 0 Å². The highest BCUT2D eigenvalue weighted by atomic mass is 79.9. The Bertz CT molecular complexity index is 393. The molecule has 1 rings (SSSR count). The van der Waals surface area contributed by atoms with Crippen molar-refractivity contribution in [2.24, 2.45) is 0 Å². The molecule has 98 valence electrons. The lowest BCUT2D eigenvalue weighted by molar-refractivity contribution is -0.133. The summed E-state index contributed by atoms with van der Waals surface area (Å²) in [5.41, 5.74) is 0. The number of hydrogen-bond donors (Lipinski definition) is 0. The quantitative estimate of drug-likeness (QED) is 0.259. The molecule has 4 nitrogen and oxygen atoms in total. The van der Waals surface area contributed by atoms with Crippen LogP contribution in [0.4, 0.5) is 0 Å². The van der Waals surface area contributed by atoms with Gasteiger partial charge in [-0.1, -0.05) is 34.1 Å². The van der Waals surface area contributed by atoms with Crippen LogP contribution >= 0.6 is 15.9 Å². The summed E-state index contributed by atoms with van der Waals surface area (Å²) in [6.45, 7) is 1.72.